The lowest BCUT2D eigenvalue weighted by atomic mass is 9.96. The van der Waals surface area contributed by atoms with Gasteiger partial charge in [-0.25, -0.2) is 8.42 Å². The van der Waals surface area contributed by atoms with Gasteiger partial charge in [-0.3, -0.25) is 4.79 Å². The first-order valence-electron chi connectivity index (χ1n) is 11.1. The zero-order chi connectivity index (χ0) is 26.1. The van der Waals surface area contributed by atoms with Crippen molar-refractivity contribution in [3.63, 3.8) is 0 Å². The van der Waals surface area contributed by atoms with Gasteiger partial charge in [0.25, 0.3) is 0 Å². The summed E-state index contributed by atoms with van der Waals surface area (Å²) in [4.78, 5) is 14.8. The van der Waals surface area contributed by atoms with Crippen molar-refractivity contribution in [2.75, 3.05) is 16.9 Å². The summed E-state index contributed by atoms with van der Waals surface area (Å²) in [6, 6.07) is 17.6. The molecular formula is C26H23ClF3NO4S. The Bertz CT molecular complexity index is 1340. The first-order chi connectivity index (χ1) is 16.9. The second-order valence-electron chi connectivity index (χ2n) is 8.75. The molecular weight excluding hydrogens is 515 g/mol. The van der Waals surface area contributed by atoms with Gasteiger partial charge in [0, 0.05) is 22.9 Å². The van der Waals surface area contributed by atoms with Crippen molar-refractivity contribution in [2.24, 2.45) is 5.92 Å². The minimum atomic E-state index is -4.53. The average molecular weight is 538 g/mol. The number of hydrogen-bond acceptors (Lipinski definition) is 4. The third kappa shape index (κ3) is 6.20. The molecule has 3 aromatic rings. The molecule has 0 aliphatic carbocycles. The van der Waals surface area contributed by atoms with E-state index in [0.29, 0.717) is 27.8 Å². The third-order valence-electron chi connectivity index (χ3n) is 6.01. The highest BCUT2D eigenvalue weighted by Gasteiger charge is 2.42. The Balaban J connectivity index is 1.64. The number of benzene rings is 3. The number of alkyl halides is 3. The van der Waals surface area contributed by atoms with Gasteiger partial charge in [0.1, 0.15) is 21.3 Å². The average Bonchev–Trinajstić information content (AvgIpc) is 3.15. The monoisotopic (exact) mass is 537 g/mol. The Morgan fingerprint density at radius 1 is 1.00 bits per heavy atom. The fraction of sp³-hybridized carbons (Fsp3) is 0.269. The summed E-state index contributed by atoms with van der Waals surface area (Å²) in [5.74, 6) is -0.0822. The van der Waals surface area contributed by atoms with Crippen LogP contribution in [0.25, 0.3) is 0 Å². The molecule has 0 saturated carbocycles. The Labute approximate surface area is 212 Å². The number of hydrogen-bond donors (Lipinski definition) is 0. The van der Waals surface area contributed by atoms with Crippen molar-refractivity contribution < 1.29 is 31.1 Å². The van der Waals surface area contributed by atoms with Gasteiger partial charge in [-0.1, -0.05) is 23.7 Å². The number of sulfone groups is 1. The van der Waals surface area contributed by atoms with Crippen LogP contribution in [0, 0.1) is 5.92 Å². The smallest absolute Gasteiger partial charge is 0.416 e. The summed E-state index contributed by atoms with van der Waals surface area (Å²) in [6.07, 6.45) is -3.13. The van der Waals surface area contributed by atoms with Crippen LogP contribution in [-0.4, -0.2) is 26.3 Å². The maximum Gasteiger partial charge on any atom is 0.416 e. The van der Waals surface area contributed by atoms with E-state index >= 15 is 0 Å². The molecule has 190 valence electrons. The second kappa shape index (κ2) is 10.1. The van der Waals surface area contributed by atoms with Crippen LogP contribution in [0.3, 0.4) is 0 Å². The van der Waals surface area contributed by atoms with Crippen molar-refractivity contribution in [3.8, 4) is 11.5 Å². The molecule has 1 heterocycles. The number of carbonyl (C=O) groups is 1. The SMILES string of the molecule is CS(=O)(=O)CC[C@H]1C[C@H](c2cccc(C(F)(F)F)c2)N(c2ccc(Oc3ccc(Cl)cc3)cc2)C1=O. The molecule has 0 bridgehead atoms. The molecule has 1 aliphatic heterocycles. The molecule has 0 N–H and O–H groups in total. The standard InChI is InChI=1S/C26H23ClF3NO4S/c1-36(33,34)14-13-18-16-24(17-3-2-4-19(15-17)26(28,29)30)31(25(18)32)21-7-11-23(12-8-21)35-22-9-5-20(27)6-10-22/h2-12,15,18,24H,13-14,16H2,1H3/t18-,24+/m0/s1. The quantitative estimate of drug-likeness (QED) is 0.337. The van der Waals surface area contributed by atoms with Crippen molar-refractivity contribution in [1.29, 1.82) is 0 Å². The lowest BCUT2D eigenvalue weighted by molar-refractivity contribution is -0.137. The van der Waals surface area contributed by atoms with E-state index in [4.69, 9.17) is 16.3 Å². The van der Waals surface area contributed by atoms with E-state index in [1.165, 1.54) is 11.0 Å². The van der Waals surface area contributed by atoms with E-state index < -0.39 is 33.5 Å². The van der Waals surface area contributed by atoms with Crippen molar-refractivity contribution in [1.82, 2.24) is 0 Å². The maximum absolute atomic E-state index is 13.4. The lowest BCUT2D eigenvalue weighted by Crippen LogP contribution is -2.30. The molecule has 1 fully saturated rings. The highest BCUT2D eigenvalue weighted by atomic mass is 35.5. The highest BCUT2D eigenvalue weighted by molar-refractivity contribution is 7.90. The van der Waals surface area contributed by atoms with E-state index in [1.807, 2.05) is 0 Å². The summed E-state index contributed by atoms with van der Waals surface area (Å²) in [7, 11) is -3.31. The van der Waals surface area contributed by atoms with Gasteiger partial charge in [0.2, 0.25) is 5.91 Å². The van der Waals surface area contributed by atoms with Crippen molar-refractivity contribution in [3.05, 3.63) is 88.9 Å². The van der Waals surface area contributed by atoms with Crippen LogP contribution in [0.5, 0.6) is 11.5 Å². The number of nitrogens with zero attached hydrogens (tertiary/aromatic N) is 1. The number of halogens is 4. The molecule has 4 rings (SSSR count). The second-order valence-corrected chi connectivity index (χ2v) is 11.4. The first kappa shape index (κ1) is 26.0. The largest absolute Gasteiger partial charge is 0.457 e. The molecule has 2 atom stereocenters. The molecule has 1 amide bonds. The number of amides is 1. The summed E-state index contributed by atoms with van der Waals surface area (Å²) in [5.41, 5.74) is 0.00735. The highest BCUT2D eigenvalue weighted by Crippen LogP contribution is 2.43. The zero-order valence-electron chi connectivity index (χ0n) is 19.2. The van der Waals surface area contributed by atoms with Crippen LogP contribution in [0.15, 0.2) is 72.8 Å². The van der Waals surface area contributed by atoms with Gasteiger partial charge in [0.05, 0.1) is 17.4 Å². The van der Waals surface area contributed by atoms with Gasteiger partial charge in [0.15, 0.2) is 0 Å². The Morgan fingerprint density at radius 3 is 2.19 bits per heavy atom. The fourth-order valence-electron chi connectivity index (χ4n) is 4.25. The Kier molecular flexibility index (Phi) is 7.33. The maximum atomic E-state index is 13.4. The van der Waals surface area contributed by atoms with Crippen LogP contribution < -0.4 is 9.64 Å². The van der Waals surface area contributed by atoms with E-state index in [-0.39, 0.29) is 24.5 Å². The summed E-state index contributed by atoms with van der Waals surface area (Å²) >= 11 is 5.89. The number of anilines is 1. The van der Waals surface area contributed by atoms with Gasteiger partial charge in [-0.2, -0.15) is 13.2 Å². The molecule has 0 aromatic heterocycles. The minimum absolute atomic E-state index is 0.0986. The number of rotatable bonds is 7. The Morgan fingerprint density at radius 2 is 1.61 bits per heavy atom. The van der Waals surface area contributed by atoms with E-state index in [1.54, 1.807) is 54.6 Å². The molecule has 1 aliphatic rings. The molecule has 0 spiro atoms. The van der Waals surface area contributed by atoms with E-state index in [9.17, 15) is 26.4 Å². The van der Waals surface area contributed by atoms with Crippen LogP contribution in [-0.2, 0) is 20.8 Å². The molecule has 5 nitrogen and oxygen atoms in total. The minimum Gasteiger partial charge on any atom is -0.457 e. The number of carbonyl (C=O) groups excluding carboxylic acids is 1. The van der Waals surface area contributed by atoms with Gasteiger partial charge in [-0.15, -0.1) is 0 Å². The van der Waals surface area contributed by atoms with E-state index in [2.05, 4.69) is 0 Å². The van der Waals surface area contributed by atoms with Crippen molar-refractivity contribution >= 4 is 33.0 Å². The van der Waals surface area contributed by atoms with Gasteiger partial charge < -0.3 is 9.64 Å². The molecule has 3 aromatic carbocycles. The molecule has 1 saturated heterocycles. The van der Waals surface area contributed by atoms with E-state index in [0.717, 1.165) is 18.4 Å². The lowest BCUT2D eigenvalue weighted by Gasteiger charge is -2.26. The van der Waals surface area contributed by atoms with Crippen LogP contribution in [0.1, 0.15) is 30.0 Å². The predicted octanol–water partition coefficient (Wildman–Crippen LogP) is 6.68. The molecule has 0 unspecified atom stereocenters. The predicted molar refractivity (Wildman–Crippen MR) is 132 cm³/mol. The topological polar surface area (TPSA) is 63.7 Å². The van der Waals surface area contributed by atoms with Crippen LogP contribution in [0.4, 0.5) is 18.9 Å². The molecule has 10 heteroatoms. The summed E-state index contributed by atoms with van der Waals surface area (Å²) in [6.45, 7) is 0. The molecule has 36 heavy (non-hydrogen) atoms. The number of ether oxygens (including phenoxy) is 1. The Hall–Kier alpha value is -3.04. The van der Waals surface area contributed by atoms with Crippen molar-refractivity contribution in [2.45, 2.75) is 25.1 Å². The third-order valence-corrected chi connectivity index (χ3v) is 7.24. The van der Waals surface area contributed by atoms with Gasteiger partial charge >= 0.3 is 6.18 Å². The van der Waals surface area contributed by atoms with Crippen LogP contribution in [0.2, 0.25) is 5.02 Å². The van der Waals surface area contributed by atoms with Gasteiger partial charge in [-0.05, 0) is 79.1 Å². The zero-order valence-corrected chi connectivity index (χ0v) is 20.8. The summed E-state index contributed by atoms with van der Waals surface area (Å²) in [5, 5.41) is 0.566. The normalized spacial score (nSPS) is 18.5. The van der Waals surface area contributed by atoms with Crippen LogP contribution >= 0.6 is 11.6 Å². The fourth-order valence-corrected chi connectivity index (χ4v) is 5.09. The molecule has 0 radical (unpaired) electrons. The summed E-state index contributed by atoms with van der Waals surface area (Å²) < 4.78 is 69.2. The first-order valence-corrected chi connectivity index (χ1v) is 13.6.